The van der Waals surface area contributed by atoms with Gasteiger partial charge in [-0.3, -0.25) is 4.79 Å². The molecular formula is C15H29N3O. The summed E-state index contributed by atoms with van der Waals surface area (Å²) in [6.45, 7) is 2.20. The van der Waals surface area contributed by atoms with Crippen molar-refractivity contribution in [2.75, 3.05) is 27.2 Å². The second-order valence-corrected chi connectivity index (χ2v) is 6.45. The first-order chi connectivity index (χ1) is 9.08. The summed E-state index contributed by atoms with van der Waals surface area (Å²) in [6, 6.07) is 0.673. The van der Waals surface area contributed by atoms with E-state index in [2.05, 4.69) is 11.9 Å². The van der Waals surface area contributed by atoms with Crippen molar-refractivity contribution >= 4 is 5.91 Å². The van der Waals surface area contributed by atoms with Crippen LogP contribution in [0.15, 0.2) is 0 Å². The molecule has 0 aromatic carbocycles. The van der Waals surface area contributed by atoms with Crippen molar-refractivity contribution in [3.05, 3.63) is 0 Å². The Bertz CT molecular complexity index is 300. The van der Waals surface area contributed by atoms with Gasteiger partial charge < -0.3 is 15.5 Å². The van der Waals surface area contributed by atoms with Gasteiger partial charge in [0.2, 0.25) is 5.91 Å². The van der Waals surface area contributed by atoms with Crippen LogP contribution in [0.2, 0.25) is 0 Å². The third kappa shape index (κ3) is 3.93. The smallest absolute Gasteiger partial charge is 0.222 e. The lowest BCUT2D eigenvalue weighted by molar-refractivity contribution is -0.134. The fraction of sp³-hybridized carbons (Fsp3) is 0.933. The maximum absolute atomic E-state index is 12.4. The molecule has 2 rings (SSSR count). The van der Waals surface area contributed by atoms with Crippen molar-refractivity contribution < 1.29 is 4.79 Å². The van der Waals surface area contributed by atoms with Gasteiger partial charge in [-0.1, -0.05) is 12.8 Å². The standard InChI is InChI=1S/C15H29N3O/c1-17-9-7-13(8-10-17)18(2)15(19)11-12-5-3-4-6-14(12)16/h12-14H,3-11,16H2,1-2H3. The van der Waals surface area contributed by atoms with E-state index in [4.69, 9.17) is 5.73 Å². The van der Waals surface area contributed by atoms with E-state index in [0.717, 1.165) is 38.8 Å². The van der Waals surface area contributed by atoms with Crippen LogP contribution in [-0.4, -0.2) is 55.0 Å². The average Bonchev–Trinajstić information content (AvgIpc) is 2.41. The number of piperidine rings is 1. The minimum Gasteiger partial charge on any atom is -0.343 e. The Balaban J connectivity index is 1.81. The van der Waals surface area contributed by atoms with Gasteiger partial charge in [-0.25, -0.2) is 0 Å². The third-order valence-electron chi connectivity index (χ3n) is 5.03. The van der Waals surface area contributed by atoms with Gasteiger partial charge in [-0.05, 0) is 51.7 Å². The number of likely N-dealkylation sites (tertiary alicyclic amines) is 1. The molecule has 0 aromatic rings. The molecule has 2 aliphatic rings. The summed E-state index contributed by atoms with van der Waals surface area (Å²) >= 11 is 0. The summed E-state index contributed by atoms with van der Waals surface area (Å²) in [4.78, 5) is 16.7. The van der Waals surface area contributed by atoms with Crippen LogP contribution in [0.3, 0.4) is 0 Å². The fourth-order valence-corrected chi connectivity index (χ4v) is 3.44. The van der Waals surface area contributed by atoms with Crippen LogP contribution in [0.1, 0.15) is 44.9 Å². The highest BCUT2D eigenvalue weighted by Crippen LogP contribution is 2.27. The first-order valence-electron chi connectivity index (χ1n) is 7.77. The molecule has 0 spiro atoms. The number of nitrogens with two attached hydrogens (primary N) is 1. The lowest BCUT2D eigenvalue weighted by atomic mass is 9.82. The first kappa shape index (κ1) is 14.8. The largest absolute Gasteiger partial charge is 0.343 e. The molecule has 1 heterocycles. The lowest BCUT2D eigenvalue weighted by Gasteiger charge is -2.36. The second-order valence-electron chi connectivity index (χ2n) is 6.45. The van der Waals surface area contributed by atoms with E-state index in [0.29, 0.717) is 24.3 Å². The number of nitrogens with zero attached hydrogens (tertiary/aromatic N) is 2. The van der Waals surface area contributed by atoms with Gasteiger partial charge in [0.05, 0.1) is 0 Å². The molecule has 0 aromatic heterocycles. The van der Waals surface area contributed by atoms with E-state index in [1.807, 2.05) is 11.9 Å². The third-order valence-corrected chi connectivity index (χ3v) is 5.03. The van der Waals surface area contributed by atoms with Crippen molar-refractivity contribution in [1.29, 1.82) is 0 Å². The zero-order valence-electron chi connectivity index (χ0n) is 12.5. The highest BCUT2D eigenvalue weighted by atomic mass is 16.2. The number of amides is 1. The SMILES string of the molecule is CN1CCC(N(C)C(=O)CC2CCCCC2N)CC1. The van der Waals surface area contributed by atoms with Crippen LogP contribution < -0.4 is 5.73 Å². The van der Waals surface area contributed by atoms with E-state index in [-0.39, 0.29) is 6.04 Å². The minimum atomic E-state index is 0.239. The van der Waals surface area contributed by atoms with Crippen molar-refractivity contribution in [2.45, 2.75) is 57.0 Å². The molecule has 110 valence electrons. The summed E-state index contributed by atoms with van der Waals surface area (Å²) in [5, 5.41) is 0. The number of hydrogen-bond donors (Lipinski definition) is 1. The summed E-state index contributed by atoms with van der Waals surface area (Å²) in [7, 11) is 4.13. The van der Waals surface area contributed by atoms with Crippen LogP contribution in [-0.2, 0) is 4.79 Å². The van der Waals surface area contributed by atoms with Crippen LogP contribution in [0.5, 0.6) is 0 Å². The van der Waals surface area contributed by atoms with Crippen molar-refractivity contribution in [3.63, 3.8) is 0 Å². The maximum atomic E-state index is 12.4. The molecule has 2 N–H and O–H groups in total. The Labute approximate surface area is 117 Å². The summed E-state index contributed by atoms with van der Waals surface area (Å²) in [5.74, 6) is 0.715. The lowest BCUT2D eigenvalue weighted by Crippen LogP contribution is -2.46. The van der Waals surface area contributed by atoms with Crippen molar-refractivity contribution in [2.24, 2.45) is 11.7 Å². The number of rotatable bonds is 3. The van der Waals surface area contributed by atoms with Crippen molar-refractivity contribution in [1.82, 2.24) is 9.80 Å². The van der Waals surface area contributed by atoms with Gasteiger partial charge in [0.1, 0.15) is 0 Å². The van der Waals surface area contributed by atoms with E-state index in [9.17, 15) is 4.79 Å². The zero-order chi connectivity index (χ0) is 13.8. The van der Waals surface area contributed by atoms with Gasteiger partial charge in [-0.15, -0.1) is 0 Å². The molecule has 0 bridgehead atoms. The molecule has 19 heavy (non-hydrogen) atoms. The second kappa shape index (κ2) is 6.71. The summed E-state index contributed by atoms with van der Waals surface area (Å²) in [5.41, 5.74) is 6.15. The Morgan fingerprint density at radius 3 is 2.47 bits per heavy atom. The minimum absolute atomic E-state index is 0.239. The van der Waals surface area contributed by atoms with E-state index in [1.54, 1.807) is 0 Å². The zero-order valence-corrected chi connectivity index (χ0v) is 12.5. The number of carbonyl (C=O) groups excluding carboxylic acids is 1. The van der Waals surface area contributed by atoms with Gasteiger partial charge in [0, 0.05) is 25.6 Å². The van der Waals surface area contributed by atoms with E-state index in [1.165, 1.54) is 12.8 Å². The molecule has 1 aliphatic heterocycles. The molecular weight excluding hydrogens is 238 g/mol. The maximum Gasteiger partial charge on any atom is 0.222 e. The van der Waals surface area contributed by atoms with Gasteiger partial charge in [-0.2, -0.15) is 0 Å². The predicted octanol–water partition coefficient (Wildman–Crippen LogP) is 1.45. The monoisotopic (exact) mass is 267 g/mol. The first-order valence-corrected chi connectivity index (χ1v) is 7.77. The Hall–Kier alpha value is -0.610. The quantitative estimate of drug-likeness (QED) is 0.842. The summed E-state index contributed by atoms with van der Waals surface area (Å²) in [6.07, 6.45) is 7.57. The van der Waals surface area contributed by atoms with Crippen LogP contribution in [0, 0.1) is 5.92 Å². The van der Waals surface area contributed by atoms with E-state index >= 15 is 0 Å². The molecule has 2 atom stereocenters. The highest BCUT2D eigenvalue weighted by molar-refractivity contribution is 5.76. The van der Waals surface area contributed by atoms with Crippen molar-refractivity contribution in [3.8, 4) is 0 Å². The molecule has 4 nitrogen and oxygen atoms in total. The molecule has 2 unspecified atom stereocenters. The molecule has 4 heteroatoms. The molecule has 0 radical (unpaired) electrons. The molecule has 1 amide bonds. The molecule has 1 saturated carbocycles. The Morgan fingerprint density at radius 1 is 1.21 bits per heavy atom. The van der Waals surface area contributed by atoms with Crippen LogP contribution in [0.25, 0.3) is 0 Å². The van der Waals surface area contributed by atoms with Gasteiger partial charge in [0.15, 0.2) is 0 Å². The van der Waals surface area contributed by atoms with Gasteiger partial charge >= 0.3 is 0 Å². The normalized spacial score (nSPS) is 30.3. The number of hydrogen-bond acceptors (Lipinski definition) is 3. The Morgan fingerprint density at radius 2 is 1.84 bits per heavy atom. The molecule has 2 fully saturated rings. The van der Waals surface area contributed by atoms with Crippen LogP contribution in [0.4, 0.5) is 0 Å². The number of carbonyl (C=O) groups is 1. The molecule has 1 aliphatic carbocycles. The average molecular weight is 267 g/mol. The fourth-order valence-electron chi connectivity index (χ4n) is 3.44. The predicted molar refractivity (Wildman–Crippen MR) is 77.8 cm³/mol. The summed E-state index contributed by atoms with van der Waals surface area (Å²) < 4.78 is 0. The van der Waals surface area contributed by atoms with Crippen LogP contribution >= 0.6 is 0 Å². The molecule has 1 saturated heterocycles. The van der Waals surface area contributed by atoms with Gasteiger partial charge in [0.25, 0.3) is 0 Å². The highest BCUT2D eigenvalue weighted by Gasteiger charge is 2.28. The topological polar surface area (TPSA) is 49.6 Å². The van der Waals surface area contributed by atoms with E-state index < -0.39 is 0 Å². The Kier molecular flexibility index (Phi) is 5.22.